The van der Waals surface area contributed by atoms with E-state index in [0.29, 0.717) is 0 Å². The Morgan fingerprint density at radius 1 is 0.275 bits per heavy atom. The Bertz CT molecular complexity index is 2490. The van der Waals surface area contributed by atoms with Crippen molar-refractivity contribution >= 4 is 57.2 Å². The first kappa shape index (κ1) is 29.4. The summed E-state index contributed by atoms with van der Waals surface area (Å²) < 4.78 is 0. The molecule has 8 aromatic rings. The topological polar surface area (TPSA) is 6.48 Å². The van der Waals surface area contributed by atoms with Crippen LogP contribution in [-0.2, 0) is 0 Å². The van der Waals surface area contributed by atoms with E-state index in [0.717, 1.165) is 0 Å². The Kier molecular flexibility index (Phi) is 6.95. The van der Waals surface area contributed by atoms with Gasteiger partial charge in [-0.15, -0.1) is 0 Å². The maximum absolute atomic E-state index is 2.55. The minimum Gasteiger partial charge on any atom is -0.311 e. The molecule has 0 atom stereocenters. The minimum absolute atomic E-state index is 0.0732. The maximum atomic E-state index is 2.55. The highest BCUT2D eigenvalue weighted by Gasteiger charge is 2.43. The van der Waals surface area contributed by atoms with Crippen molar-refractivity contribution < 1.29 is 0 Å². The lowest BCUT2D eigenvalue weighted by Gasteiger charge is -2.45. The van der Waals surface area contributed by atoms with Gasteiger partial charge in [0, 0.05) is 39.4 Å². The highest BCUT2D eigenvalue weighted by Crippen LogP contribution is 2.50. The van der Waals surface area contributed by atoms with Crippen molar-refractivity contribution in [2.24, 2.45) is 0 Å². The van der Waals surface area contributed by atoms with Crippen molar-refractivity contribution in [1.29, 1.82) is 0 Å². The lowest BCUT2D eigenvalue weighted by atomic mass is 9.33. The number of benzene rings is 8. The number of para-hydroxylation sites is 4. The summed E-state index contributed by atoms with van der Waals surface area (Å²) in [5.41, 5.74) is 18.3. The lowest BCUT2D eigenvalue weighted by molar-refractivity contribution is 1.25. The van der Waals surface area contributed by atoms with E-state index in [4.69, 9.17) is 0 Å². The van der Waals surface area contributed by atoms with Gasteiger partial charge in [0.25, 0.3) is 6.71 Å². The summed E-state index contributed by atoms with van der Waals surface area (Å²) >= 11 is 0. The van der Waals surface area contributed by atoms with Gasteiger partial charge in [0.2, 0.25) is 0 Å². The normalized spacial score (nSPS) is 12.6. The molecule has 0 unspecified atom stereocenters. The van der Waals surface area contributed by atoms with Crippen LogP contribution in [0.4, 0.5) is 34.1 Å². The molecule has 8 aromatic carbocycles. The molecule has 51 heavy (non-hydrogen) atoms. The number of anilines is 6. The van der Waals surface area contributed by atoms with Gasteiger partial charge >= 0.3 is 0 Å². The van der Waals surface area contributed by atoms with Gasteiger partial charge in [-0.2, -0.15) is 0 Å². The summed E-state index contributed by atoms with van der Waals surface area (Å²) in [6, 6.07) is 72.9. The lowest BCUT2D eigenvalue weighted by Crippen LogP contribution is -2.61. The monoisotopic (exact) mass is 648 g/mol. The van der Waals surface area contributed by atoms with Crippen LogP contribution in [0.3, 0.4) is 0 Å². The van der Waals surface area contributed by atoms with Crippen LogP contribution in [0.25, 0.3) is 33.4 Å². The Morgan fingerprint density at radius 3 is 1.22 bits per heavy atom. The SMILES string of the molecule is c1ccc(-c2ccccc2N2c3ccccc3B3c4ccccc4N(c4c(-c5ccccc5)cccc4-c4ccccc4)c4cccc2c43)cc1. The van der Waals surface area contributed by atoms with E-state index in [1.54, 1.807) is 0 Å². The second-order valence-corrected chi connectivity index (χ2v) is 13.2. The predicted molar refractivity (Wildman–Crippen MR) is 217 cm³/mol. The van der Waals surface area contributed by atoms with Gasteiger partial charge in [0.1, 0.15) is 0 Å². The number of hydrogen-bond donors (Lipinski definition) is 0. The second kappa shape index (κ2) is 12.1. The molecule has 0 radical (unpaired) electrons. The number of hydrogen-bond acceptors (Lipinski definition) is 2. The number of nitrogens with zero attached hydrogens (tertiary/aromatic N) is 2. The van der Waals surface area contributed by atoms with E-state index < -0.39 is 0 Å². The summed E-state index contributed by atoms with van der Waals surface area (Å²) in [7, 11) is 0. The molecule has 0 aliphatic carbocycles. The van der Waals surface area contributed by atoms with Crippen LogP contribution in [0.15, 0.2) is 200 Å². The standard InChI is InChI=1S/C48H33BN2/c1-4-18-34(19-5-1)37-24-10-13-29-42(37)50-43-30-14-11-27-40(43)49-41-28-12-15-31-44(41)51(46-33-17-32-45(50)47(46)49)48-38(35-20-6-2-7-21-35)25-16-26-39(48)36-22-8-3-9-23-36/h1-33H. The zero-order valence-electron chi connectivity index (χ0n) is 28.0. The van der Waals surface area contributed by atoms with Crippen molar-refractivity contribution in [2.75, 3.05) is 9.80 Å². The summed E-state index contributed by atoms with van der Waals surface area (Å²) in [4.78, 5) is 5.05. The van der Waals surface area contributed by atoms with Gasteiger partial charge in [-0.05, 0) is 63.4 Å². The second-order valence-electron chi connectivity index (χ2n) is 13.2. The van der Waals surface area contributed by atoms with Crippen LogP contribution >= 0.6 is 0 Å². The zero-order valence-corrected chi connectivity index (χ0v) is 28.0. The molecule has 0 saturated heterocycles. The first-order chi connectivity index (χ1) is 25.4. The molecule has 2 heterocycles. The highest BCUT2D eigenvalue weighted by molar-refractivity contribution is 7.00. The number of fused-ring (bicyclic) bond motifs is 4. The van der Waals surface area contributed by atoms with Crippen molar-refractivity contribution in [3.63, 3.8) is 0 Å². The molecular formula is C48H33BN2. The molecule has 0 N–H and O–H groups in total. The molecule has 0 amide bonds. The molecule has 2 nitrogen and oxygen atoms in total. The Labute approximate surface area is 299 Å². The summed E-state index contributed by atoms with van der Waals surface area (Å²) in [6.07, 6.45) is 0. The quantitative estimate of drug-likeness (QED) is 0.171. The average molecular weight is 649 g/mol. The van der Waals surface area contributed by atoms with E-state index in [2.05, 4.69) is 210 Å². The van der Waals surface area contributed by atoms with Crippen LogP contribution in [0.5, 0.6) is 0 Å². The van der Waals surface area contributed by atoms with Gasteiger partial charge in [-0.25, -0.2) is 0 Å². The van der Waals surface area contributed by atoms with E-state index in [1.165, 1.54) is 83.9 Å². The van der Waals surface area contributed by atoms with Crippen LogP contribution in [-0.4, -0.2) is 6.71 Å². The smallest absolute Gasteiger partial charge is 0.252 e. The van der Waals surface area contributed by atoms with Crippen LogP contribution in [0.1, 0.15) is 0 Å². The van der Waals surface area contributed by atoms with Crippen molar-refractivity contribution in [2.45, 2.75) is 0 Å². The van der Waals surface area contributed by atoms with Crippen molar-refractivity contribution in [1.82, 2.24) is 0 Å². The molecule has 0 saturated carbocycles. The minimum atomic E-state index is 0.0732. The van der Waals surface area contributed by atoms with E-state index in [1.807, 2.05) is 0 Å². The summed E-state index contributed by atoms with van der Waals surface area (Å²) in [5.74, 6) is 0. The molecule has 0 spiro atoms. The van der Waals surface area contributed by atoms with E-state index in [-0.39, 0.29) is 6.71 Å². The Morgan fingerprint density at radius 2 is 0.647 bits per heavy atom. The average Bonchev–Trinajstić information content (AvgIpc) is 3.21. The predicted octanol–water partition coefficient (Wildman–Crippen LogP) is 10.8. The third kappa shape index (κ3) is 4.66. The van der Waals surface area contributed by atoms with Crippen LogP contribution in [0.2, 0.25) is 0 Å². The molecule has 0 fully saturated rings. The third-order valence-corrected chi connectivity index (χ3v) is 10.5. The summed E-state index contributed by atoms with van der Waals surface area (Å²) in [5, 5.41) is 0. The molecule has 238 valence electrons. The van der Waals surface area contributed by atoms with Crippen molar-refractivity contribution in [3.8, 4) is 33.4 Å². The van der Waals surface area contributed by atoms with E-state index in [9.17, 15) is 0 Å². The molecule has 10 rings (SSSR count). The Hall–Kier alpha value is -6.58. The fourth-order valence-electron chi connectivity index (χ4n) is 8.35. The molecule has 0 aromatic heterocycles. The van der Waals surface area contributed by atoms with Gasteiger partial charge in [0.05, 0.1) is 11.4 Å². The molecule has 3 heteroatoms. The largest absolute Gasteiger partial charge is 0.311 e. The molecule has 2 aliphatic heterocycles. The highest BCUT2D eigenvalue weighted by atomic mass is 15.2. The van der Waals surface area contributed by atoms with Crippen molar-refractivity contribution in [3.05, 3.63) is 200 Å². The summed E-state index contributed by atoms with van der Waals surface area (Å²) in [6.45, 7) is 0.0732. The first-order valence-electron chi connectivity index (χ1n) is 17.7. The maximum Gasteiger partial charge on any atom is 0.252 e. The van der Waals surface area contributed by atoms with Gasteiger partial charge in [-0.1, -0.05) is 170 Å². The Balaban J connectivity index is 1.29. The van der Waals surface area contributed by atoms with Crippen LogP contribution < -0.4 is 26.2 Å². The van der Waals surface area contributed by atoms with Gasteiger partial charge < -0.3 is 9.80 Å². The molecule has 2 aliphatic rings. The van der Waals surface area contributed by atoms with E-state index >= 15 is 0 Å². The van der Waals surface area contributed by atoms with Gasteiger partial charge in [0.15, 0.2) is 0 Å². The third-order valence-electron chi connectivity index (χ3n) is 10.5. The zero-order chi connectivity index (χ0) is 33.7. The number of rotatable bonds is 5. The molecular weight excluding hydrogens is 615 g/mol. The molecule has 0 bridgehead atoms. The fourth-order valence-corrected chi connectivity index (χ4v) is 8.35. The first-order valence-corrected chi connectivity index (χ1v) is 17.7. The fraction of sp³-hybridized carbons (Fsp3) is 0. The van der Waals surface area contributed by atoms with Gasteiger partial charge in [-0.3, -0.25) is 0 Å². The van der Waals surface area contributed by atoms with Crippen LogP contribution in [0, 0.1) is 0 Å².